The summed E-state index contributed by atoms with van der Waals surface area (Å²) in [7, 11) is 2.08. The molecule has 0 bridgehead atoms. The molecular weight excluding hydrogens is 282 g/mol. The molecule has 2 rings (SSSR count). The lowest BCUT2D eigenvalue weighted by molar-refractivity contribution is 0.816. The van der Waals surface area contributed by atoms with Crippen LogP contribution in [0.25, 0.3) is 0 Å². The first-order chi connectivity index (χ1) is 10.2. The molecule has 0 fully saturated rings. The van der Waals surface area contributed by atoms with Crippen LogP contribution in [0.2, 0.25) is 5.02 Å². The van der Waals surface area contributed by atoms with Crippen molar-refractivity contribution in [2.24, 2.45) is 0 Å². The van der Waals surface area contributed by atoms with Crippen LogP contribution in [0.4, 0.5) is 11.4 Å². The molecule has 0 aromatic heterocycles. The lowest BCUT2D eigenvalue weighted by atomic mass is 10.2. The van der Waals surface area contributed by atoms with Crippen LogP contribution in [0.5, 0.6) is 0 Å². The van der Waals surface area contributed by atoms with E-state index in [0.717, 1.165) is 25.2 Å². The van der Waals surface area contributed by atoms with Gasteiger partial charge in [0.05, 0.1) is 11.3 Å². The molecule has 4 heteroatoms. The highest BCUT2D eigenvalue weighted by atomic mass is 35.5. The zero-order valence-corrected chi connectivity index (χ0v) is 12.8. The minimum Gasteiger partial charge on any atom is -0.384 e. The van der Waals surface area contributed by atoms with E-state index >= 15 is 0 Å². The van der Waals surface area contributed by atoms with Crippen molar-refractivity contribution >= 4 is 23.0 Å². The quantitative estimate of drug-likeness (QED) is 0.814. The predicted octanol–water partition coefficient (Wildman–Crippen LogP) is 4.15. The van der Waals surface area contributed by atoms with Gasteiger partial charge in [-0.05, 0) is 36.8 Å². The van der Waals surface area contributed by atoms with E-state index in [9.17, 15) is 0 Å². The Balaban J connectivity index is 1.83. The van der Waals surface area contributed by atoms with Crippen molar-refractivity contribution in [3.63, 3.8) is 0 Å². The summed E-state index contributed by atoms with van der Waals surface area (Å²) < 4.78 is 0. The van der Waals surface area contributed by atoms with Gasteiger partial charge in [0, 0.05) is 30.8 Å². The summed E-state index contributed by atoms with van der Waals surface area (Å²) in [4.78, 5) is 2.21. The molecule has 0 aliphatic heterocycles. The maximum Gasteiger partial charge on any atom is 0.101 e. The van der Waals surface area contributed by atoms with E-state index in [-0.39, 0.29) is 0 Å². The van der Waals surface area contributed by atoms with Crippen LogP contribution < -0.4 is 10.2 Å². The van der Waals surface area contributed by atoms with E-state index in [0.29, 0.717) is 10.6 Å². The van der Waals surface area contributed by atoms with Crippen LogP contribution in [-0.2, 0) is 0 Å². The lowest BCUT2D eigenvalue weighted by Gasteiger charge is -2.19. The van der Waals surface area contributed by atoms with Gasteiger partial charge in [0.2, 0.25) is 0 Å². The zero-order chi connectivity index (χ0) is 15.1. The molecule has 0 atom stereocenters. The number of nitriles is 1. The Morgan fingerprint density at radius 3 is 2.67 bits per heavy atom. The Morgan fingerprint density at radius 1 is 1.19 bits per heavy atom. The SMILES string of the molecule is CN(CCCNc1cc(Cl)ccc1C#N)c1ccccc1. The van der Waals surface area contributed by atoms with Crippen molar-refractivity contribution in [1.29, 1.82) is 5.26 Å². The number of para-hydroxylation sites is 1. The molecule has 21 heavy (non-hydrogen) atoms. The molecule has 0 saturated carbocycles. The Hall–Kier alpha value is -2.18. The van der Waals surface area contributed by atoms with Crippen molar-refractivity contribution in [2.45, 2.75) is 6.42 Å². The third kappa shape index (κ3) is 4.40. The van der Waals surface area contributed by atoms with Gasteiger partial charge in [-0.25, -0.2) is 0 Å². The average molecular weight is 300 g/mol. The number of hydrogen-bond acceptors (Lipinski definition) is 3. The molecule has 0 amide bonds. The van der Waals surface area contributed by atoms with Crippen LogP contribution in [-0.4, -0.2) is 20.1 Å². The Labute approximate surface area is 130 Å². The van der Waals surface area contributed by atoms with E-state index in [2.05, 4.69) is 35.5 Å². The summed E-state index contributed by atoms with van der Waals surface area (Å²) in [6.07, 6.45) is 0.975. The molecule has 3 nitrogen and oxygen atoms in total. The number of anilines is 2. The fraction of sp³-hybridized carbons (Fsp3) is 0.235. The van der Waals surface area contributed by atoms with E-state index in [4.69, 9.17) is 16.9 Å². The van der Waals surface area contributed by atoms with E-state index in [1.165, 1.54) is 5.69 Å². The van der Waals surface area contributed by atoms with Crippen LogP contribution in [0.1, 0.15) is 12.0 Å². The molecular formula is C17H18ClN3. The first-order valence-electron chi connectivity index (χ1n) is 6.90. The second-order valence-electron chi connectivity index (χ2n) is 4.84. The normalized spacial score (nSPS) is 9.95. The average Bonchev–Trinajstić information content (AvgIpc) is 2.52. The maximum atomic E-state index is 9.06. The Kier molecular flexibility index (Phi) is 5.48. The second-order valence-corrected chi connectivity index (χ2v) is 5.28. The standard InChI is InChI=1S/C17H18ClN3/c1-21(16-6-3-2-4-7-16)11-5-10-20-17-12-15(18)9-8-14(17)13-19/h2-4,6-9,12,20H,5,10-11H2,1H3. The third-order valence-electron chi connectivity index (χ3n) is 3.28. The molecule has 108 valence electrons. The van der Waals surface area contributed by atoms with Gasteiger partial charge < -0.3 is 10.2 Å². The Bertz CT molecular complexity index is 620. The monoisotopic (exact) mass is 299 g/mol. The molecule has 0 aliphatic carbocycles. The number of hydrogen-bond donors (Lipinski definition) is 1. The molecule has 0 aliphatic rings. The fourth-order valence-corrected chi connectivity index (χ4v) is 2.28. The number of nitrogens with one attached hydrogen (secondary N) is 1. The van der Waals surface area contributed by atoms with Crippen molar-refractivity contribution in [2.75, 3.05) is 30.4 Å². The highest BCUT2D eigenvalue weighted by Gasteiger charge is 2.03. The number of benzene rings is 2. The third-order valence-corrected chi connectivity index (χ3v) is 3.52. The smallest absolute Gasteiger partial charge is 0.101 e. The van der Waals surface area contributed by atoms with E-state index < -0.39 is 0 Å². The van der Waals surface area contributed by atoms with Gasteiger partial charge in [-0.15, -0.1) is 0 Å². The number of halogens is 1. The van der Waals surface area contributed by atoms with Crippen molar-refractivity contribution < 1.29 is 0 Å². The summed E-state index contributed by atoms with van der Waals surface area (Å²) in [6, 6.07) is 17.7. The first-order valence-corrected chi connectivity index (χ1v) is 7.28. The van der Waals surface area contributed by atoms with Gasteiger partial charge in [0.1, 0.15) is 6.07 Å². The van der Waals surface area contributed by atoms with Gasteiger partial charge >= 0.3 is 0 Å². The summed E-state index contributed by atoms with van der Waals surface area (Å²) in [5.74, 6) is 0. The summed E-state index contributed by atoms with van der Waals surface area (Å²) >= 11 is 5.96. The summed E-state index contributed by atoms with van der Waals surface area (Å²) in [5, 5.41) is 13.0. The molecule has 0 spiro atoms. The van der Waals surface area contributed by atoms with Gasteiger partial charge in [-0.3, -0.25) is 0 Å². The van der Waals surface area contributed by atoms with Crippen LogP contribution in [0.15, 0.2) is 48.5 Å². The molecule has 0 radical (unpaired) electrons. The zero-order valence-electron chi connectivity index (χ0n) is 12.0. The van der Waals surface area contributed by atoms with Gasteiger partial charge in [-0.2, -0.15) is 5.26 Å². The summed E-state index contributed by atoms with van der Waals surface area (Å²) in [5.41, 5.74) is 2.63. The number of rotatable bonds is 6. The summed E-state index contributed by atoms with van der Waals surface area (Å²) in [6.45, 7) is 1.74. The molecule has 1 N–H and O–H groups in total. The van der Waals surface area contributed by atoms with Gasteiger partial charge in [-0.1, -0.05) is 29.8 Å². The predicted molar refractivity (Wildman–Crippen MR) is 89.0 cm³/mol. The largest absolute Gasteiger partial charge is 0.384 e. The van der Waals surface area contributed by atoms with Crippen molar-refractivity contribution in [1.82, 2.24) is 0 Å². The molecule has 2 aromatic carbocycles. The Morgan fingerprint density at radius 2 is 1.95 bits per heavy atom. The van der Waals surface area contributed by atoms with E-state index in [1.807, 2.05) is 18.2 Å². The molecule has 0 heterocycles. The highest BCUT2D eigenvalue weighted by molar-refractivity contribution is 6.30. The number of nitrogens with zero attached hydrogens (tertiary/aromatic N) is 2. The first kappa shape index (κ1) is 15.2. The van der Waals surface area contributed by atoms with Crippen LogP contribution in [0, 0.1) is 11.3 Å². The minimum absolute atomic E-state index is 0.621. The maximum absolute atomic E-state index is 9.06. The van der Waals surface area contributed by atoms with Crippen molar-refractivity contribution in [3.05, 3.63) is 59.1 Å². The minimum atomic E-state index is 0.621. The van der Waals surface area contributed by atoms with Crippen molar-refractivity contribution in [3.8, 4) is 6.07 Å². The molecule has 0 unspecified atom stereocenters. The molecule has 0 saturated heterocycles. The molecule has 2 aromatic rings. The van der Waals surface area contributed by atoms with Gasteiger partial charge in [0.15, 0.2) is 0 Å². The topological polar surface area (TPSA) is 39.1 Å². The highest BCUT2D eigenvalue weighted by Crippen LogP contribution is 2.20. The van der Waals surface area contributed by atoms with Gasteiger partial charge in [0.25, 0.3) is 0 Å². The van der Waals surface area contributed by atoms with E-state index in [1.54, 1.807) is 18.2 Å². The lowest BCUT2D eigenvalue weighted by Crippen LogP contribution is -2.20. The fourth-order valence-electron chi connectivity index (χ4n) is 2.11. The van der Waals surface area contributed by atoms with Crippen LogP contribution >= 0.6 is 11.6 Å². The second kappa shape index (κ2) is 7.56. The van der Waals surface area contributed by atoms with Crippen LogP contribution in [0.3, 0.4) is 0 Å².